The zero-order valence-electron chi connectivity index (χ0n) is 10.9. The Hall–Kier alpha value is -1.59. The van der Waals surface area contributed by atoms with Crippen molar-refractivity contribution in [2.24, 2.45) is 5.92 Å². The van der Waals surface area contributed by atoms with Crippen LogP contribution >= 0.6 is 11.6 Å². The summed E-state index contributed by atoms with van der Waals surface area (Å²) >= 11 is 5.94. The molecule has 1 aliphatic rings. The first-order valence-electron chi connectivity index (χ1n) is 6.58. The van der Waals surface area contributed by atoms with E-state index in [2.05, 4.69) is 10.6 Å². The normalized spacial score (nSPS) is 15.7. The summed E-state index contributed by atoms with van der Waals surface area (Å²) in [4.78, 5) is 22.8. The standard InChI is InChI=1S/C14H17ClN2O3/c15-10-3-1-2-4-11(10)17-12(18)7-8-16-13(14(19)20)9-5-6-9/h1-4,9,13,16H,5-8H2,(H,17,18)(H,19,20). The summed E-state index contributed by atoms with van der Waals surface area (Å²) in [7, 11) is 0. The highest BCUT2D eigenvalue weighted by Crippen LogP contribution is 2.32. The molecule has 1 aromatic rings. The Morgan fingerprint density at radius 2 is 2.05 bits per heavy atom. The summed E-state index contributed by atoms with van der Waals surface area (Å²) in [6.45, 7) is 0.337. The van der Waals surface area contributed by atoms with E-state index in [1.165, 1.54) is 0 Å². The highest BCUT2D eigenvalue weighted by atomic mass is 35.5. The molecule has 0 aromatic heterocycles. The molecule has 1 unspecified atom stereocenters. The average Bonchev–Trinajstić information content (AvgIpc) is 3.21. The van der Waals surface area contributed by atoms with Crippen LogP contribution in [0.1, 0.15) is 19.3 Å². The molecule has 1 saturated carbocycles. The fourth-order valence-corrected chi connectivity index (χ4v) is 2.18. The predicted octanol–water partition coefficient (Wildman–Crippen LogP) is 2.12. The molecular weight excluding hydrogens is 280 g/mol. The van der Waals surface area contributed by atoms with E-state index in [4.69, 9.17) is 16.7 Å². The molecule has 6 heteroatoms. The molecule has 108 valence electrons. The van der Waals surface area contributed by atoms with Crippen molar-refractivity contribution in [3.8, 4) is 0 Å². The van der Waals surface area contributed by atoms with Gasteiger partial charge in [0, 0.05) is 13.0 Å². The molecule has 2 rings (SSSR count). The number of amides is 1. The Kier molecular flexibility index (Phi) is 4.98. The maximum atomic E-state index is 11.7. The topological polar surface area (TPSA) is 78.4 Å². The first-order chi connectivity index (χ1) is 9.58. The number of hydrogen-bond donors (Lipinski definition) is 3. The third-order valence-electron chi connectivity index (χ3n) is 3.22. The van der Waals surface area contributed by atoms with E-state index in [9.17, 15) is 9.59 Å². The summed E-state index contributed by atoms with van der Waals surface area (Å²) < 4.78 is 0. The van der Waals surface area contributed by atoms with Crippen LogP contribution in [0.25, 0.3) is 0 Å². The van der Waals surface area contributed by atoms with E-state index >= 15 is 0 Å². The minimum absolute atomic E-state index is 0.189. The van der Waals surface area contributed by atoms with Gasteiger partial charge in [0.25, 0.3) is 0 Å². The number of carboxylic acids is 1. The van der Waals surface area contributed by atoms with Crippen LogP contribution in [0.15, 0.2) is 24.3 Å². The minimum atomic E-state index is -0.848. The molecule has 3 N–H and O–H groups in total. The Morgan fingerprint density at radius 1 is 1.35 bits per heavy atom. The number of hydrogen-bond acceptors (Lipinski definition) is 3. The quantitative estimate of drug-likeness (QED) is 0.720. The monoisotopic (exact) mass is 296 g/mol. The number of carbonyl (C=O) groups is 2. The number of carboxylic acid groups (broad SMARTS) is 1. The molecule has 20 heavy (non-hydrogen) atoms. The minimum Gasteiger partial charge on any atom is -0.480 e. The van der Waals surface area contributed by atoms with Crippen LogP contribution in [0.5, 0.6) is 0 Å². The fourth-order valence-electron chi connectivity index (χ4n) is 2.00. The van der Waals surface area contributed by atoms with Crippen LogP contribution in [-0.4, -0.2) is 29.6 Å². The van der Waals surface area contributed by atoms with Crippen molar-refractivity contribution in [1.29, 1.82) is 0 Å². The molecule has 0 heterocycles. The van der Waals surface area contributed by atoms with Gasteiger partial charge in [-0.25, -0.2) is 0 Å². The molecule has 1 fully saturated rings. The second-order valence-corrected chi connectivity index (χ2v) is 5.29. The van der Waals surface area contributed by atoms with Crippen LogP contribution in [0.3, 0.4) is 0 Å². The van der Waals surface area contributed by atoms with Gasteiger partial charge >= 0.3 is 5.97 Å². The number of anilines is 1. The van der Waals surface area contributed by atoms with E-state index < -0.39 is 12.0 Å². The Morgan fingerprint density at radius 3 is 2.65 bits per heavy atom. The molecule has 0 bridgehead atoms. The Bertz CT molecular complexity index is 503. The summed E-state index contributed by atoms with van der Waals surface area (Å²) in [6, 6.07) is 6.45. The van der Waals surface area contributed by atoms with E-state index in [1.807, 2.05) is 0 Å². The van der Waals surface area contributed by atoms with Gasteiger partial charge in [-0.3, -0.25) is 9.59 Å². The van der Waals surface area contributed by atoms with Gasteiger partial charge in [0.05, 0.1) is 10.7 Å². The number of rotatable bonds is 7. The van der Waals surface area contributed by atoms with Crippen molar-refractivity contribution in [1.82, 2.24) is 5.32 Å². The lowest BCUT2D eigenvalue weighted by molar-refractivity contribution is -0.140. The Balaban J connectivity index is 1.75. The van der Waals surface area contributed by atoms with Gasteiger partial charge in [-0.15, -0.1) is 0 Å². The van der Waals surface area contributed by atoms with Crippen LogP contribution in [-0.2, 0) is 9.59 Å². The predicted molar refractivity (Wildman–Crippen MR) is 76.8 cm³/mol. The second-order valence-electron chi connectivity index (χ2n) is 4.89. The molecule has 0 saturated heterocycles. The maximum absolute atomic E-state index is 11.7. The zero-order chi connectivity index (χ0) is 14.5. The van der Waals surface area contributed by atoms with Crippen molar-refractivity contribution < 1.29 is 14.7 Å². The van der Waals surface area contributed by atoms with Crippen molar-refractivity contribution >= 4 is 29.2 Å². The molecular formula is C14H17ClN2O3. The number of para-hydroxylation sites is 1. The van der Waals surface area contributed by atoms with Crippen LogP contribution in [0.4, 0.5) is 5.69 Å². The smallest absolute Gasteiger partial charge is 0.320 e. The first kappa shape index (κ1) is 14.8. The van der Waals surface area contributed by atoms with E-state index in [0.29, 0.717) is 17.3 Å². The lowest BCUT2D eigenvalue weighted by atomic mass is 10.2. The zero-order valence-corrected chi connectivity index (χ0v) is 11.7. The maximum Gasteiger partial charge on any atom is 0.320 e. The van der Waals surface area contributed by atoms with Gasteiger partial charge < -0.3 is 15.7 Å². The fraction of sp³-hybridized carbons (Fsp3) is 0.429. The molecule has 1 amide bonds. The van der Waals surface area contributed by atoms with Crippen molar-refractivity contribution in [2.45, 2.75) is 25.3 Å². The third-order valence-corrected chi connectivity index (χ3v) is 3.55. The number of nitrogens with one attached hydrogen (secondary N) is 2. The summed E-state index contributed by atoms with van der Waals surface area (Å²) in [6.07, 6.45) is 2.09. The Labute approximate surface area is 122 Å². The lowest BCUT2D eigenvalue weighted by Gasteiger charge is -2.13. The highest BCUT2D eigenvalue weighted by molar-refractivity contribution is 6.33. The van der Waals surface area contributed by atoms with Crippen molar-refractivity contribution in [2.75, 3.05) is 11.9 Å². The van der Waals surface area contributed by atoms with E-state index in [1.54, 1.807) is 24.3 Å². The van der Waals surface area contributed by atoms with Gasteiger partial charge in [0.15, 0.2) is 0 Å². The molecule has 1 aliphatic carbocycles. The molecule has 1 aromatic carbocycles. The summed E-state index contributed by atoms with van der Waals surface area (Å²) in [5.41, 5.74) is 0.566. The average molecular weight is 297 g/mol. The van der Waals surface area contributed by atoms with Gasteiger partial charge in [0.1, 0.15) is 6.04 Å². The van der Waals surface area contributed by atoms with Gasteiger partial charge in [-0.05, 0) is 30.9 Å². The third kappa shape index (κ3) is 4.21. The number of benzene rings is 1. The van der Waals surface area contributed by atoms with Gasteiger partial charge in [-0.2, -0.15) is 0 Å². The second kappa shape index (κ2) is 6.72. The molecule has 0 spiro atoms. The van der Waals surface area contributed by atoms with E-state index in [0.717, 1.165) is 12.8 Å². The first-order valence-corrected chi connectivity index (χ1v) is 6.96. The molecule has 0 radical (unpaired) electrons. The molecule has 1 atom stereocenters. The SMILES string of the molecule is O=C(CCNC(C(=O)O)C1CC1)Nc1ccccc1Cl. The van der Waals surface area contributed by atoms with Crippen LogP contribution < -0.4 is 10.6 Å². The number of halogens is 1. The molecule has 5 nitrogen and oxygen atoms in total. The van der Waals surface area contributed by atoms with E-state index in [-0.39, 0.29) is 18.2 Å². The highest BCUT2D eigenvalue weighted by Gasteiger charge is 2.35. The number of carbonyl (C=O) groups excluding carboxylic acids is 1. The number of aliphatic carboxylic acids is 1. The van der Waals surface area contributed by atoms with Crippen molar-refractivity contribution in [3.05, 3.63) is 29.3 Å². The van der Waals surface area contributed by atoms with Gasteiger partial charge in [-0.1, -0.05) is 23.7 Å². The largest absolute Gasteiger partial charge is 0.480 e. The van der Waals surface area contributed by atoms with Crippen LogP contribution in [0.2, 0.25) is 5.02 Å². The van der Waals surface area contributed by atoms with Crippen molar-refractivity contribution in [3.63, 3.8) is 0 Å². The lowest BCUT2D eigenvalue weighted by Crippen LogP contribution is -2.39. The van der Waals surface area contributed by atoms with Crippen LogP contribution in [0, 0.1) is 5.92 Å². The van der Waals surface area contributed by atoms with Gasteiger partial charge in [0.2, 0.25) is 5.91 Å². The summed E-state index contributed by atoms with van der Waals surface area (Å²) in [5.74, 6) is -0.830. The molecule has 0 aliphatic heterocycles. The summed E-state index contributed by atoms with van der Waals surface area (Å²) in [5, 5.41) is 15.1.